The summed E-state index contributed by atoms with van der Waals surface area (Å²) in [7, 11) is 0. The number of benzene rings is 2. The van der Waals surface area contributed by atoms with Crippen LogP contribution in [0.5, 0.6) is 0 Å². The number of carbonyl (C=O) groups excluding carboxylic acids is 1. The molecule has 0 radical (unpaired) electrons. The van der Waals surface area contributed by atoms with Gasteiger partial charge in [0.05, 0.1) is 6.54 Å². The molecule has 4 rings (SSSR count). The van der Waals surface area contributed by atoms with E-state index in [1.54, 1.807) is 23.2 Å². The van der Waals surface area contributed by atoms with E-state index in [1.165, 1.54) is 19.1 Å². The van der Waals surface area contributed by atoms with Crippen molar-refractivity contribution in [3.63, 3.8) is 0 Å². The Morgan fingerprint density at radius 1 is 1.24 bits per heavy atom. The zero-order valence-electron chi connectivity index (χ0n) is 20.2. The molecule has 2 aromatic carbocycles. The van der Waals surface area contributed by atoms with Gasteiger partial charge in [-0.3, -0.25) is 0 Å². The normalized spacial score (nSPS) is 16.6. The number of aryl methyl sites for hydroxylation is 1. The van der Waals surface area contributed by atoms with Gasteiger partial charge in [-0.05, 0) is 55.5 Å². The van der Waals surface area contributed by atoms with Crippen LogP contribution in [-0.4, -0.2) is 41.6 Å². The van der Waals surface area contributed by atoms with Crippen molar-refractivity contribution in [3.8, 4) is 11.1 Å². The Hall–Kier alpha value is -3.02. The van der Waals surface area contributed by atoms with Gasteiger partial charge in [0.2, 0.25) is 0 Å². The molecule has 1 aromatic heterocycles. The van der Waals surface area contributed by atoms with E-state index in [0.29, 0.717) is 29.3 Å². The zero-order chi connectivity index (χ0) is 26.4. The number of rotatable bonds is 10. The maximum Gasteiger partial charge on any atom is 0.519 e. The molecule has 1 saturated heterocycles. The Balaban J connectivity index is 1.42. The molecule has 0 saturated carbocycles. The summed E-state index contributed by atoms with van der Waals surface area (Å²) in [5.41, 5.74) is 5.15. The molecule has 9 nitrogen and oxygen atoms in total. The highest BCUT2D eigenvalue weighted by molar-refractivity contribution is 6.30. The number of esters is 1. The number of hydrogen-bond acceptors (Lipinski definition) is 9. The highest BCUT2D eigenvalue weighted by Crippen LogP contribution is 2.26. The Morgan fingerprint density at radius 3 is 2.70 bits per heavy atom. The van der Waals surface area contributed by atoms with Crippen LogP contribution in [0.25, 0.3) is 11.1 Å². The van der Waals surface area contributed by atoms with Crippen molar-refractivity contribution in [2.24, 2.45) is 0 Å². The summed E-state index contributed by atoms with van der Waals surface area (Å²) in [6.07, 6.45) is 0.987. The number of halogens is 2. The van der Waals surface area contributed by atoms with Gasteiger partial charge in [-0.2, -0.15) is 0 Å². The highest BCUT2D eigenvalue weighted by Gasteiger charge is 2.25. The van der Waals surface area contributed by atoms with Crippen LogP contribution < -0.4 is 11.2 Å². The molecular formula is C26H28ClFN2O7. The summed E-state index contributed by atoms with van der Waals surface area (Å²) in [6, 6.07) is 11.6. The Morgan fingerprint density at radius 2 is 2.03 bits per heavy atom. The van der Waals surface area contributed by atoms with Crippen LogP contribution in [0.15, 0.2) is 56.1 Å². The van der Waals surface area contributed by atoms with Crippen molar-refractivity contribution in [1.82, 2.24) is 10.4 Å². The molecule has 0 spiro atoms. The fourth-order valence-electron chi connectivity index (χ4n) is 3.96. The van der Waals surface area contributed by atoms with Crippen LogP contribution in [0, 0.1) is 12.7 Å². The van der Waals surface area contributed by atoms with E-state index in [-0.39, 0.29) is 36.7 Å². The lowest BCUT2D eigenvalue weighted by Crippen LogP contribution is -2.50. The minimum atomic E-state index is -1.49. The van der Waals surface area contributed by atoms with Gasteiger partial charge in [0, 0.05) is 23.7 Å². The molecule has 2 atom stereocenters. The largest absolute Gasteiger partial charge is 0.519 e. The lowest BCUT2D eigenvalue weighted by molar-refractivity contribution is -0.158. The van der Waals surface area contributed by atoms with Crippen molar-refractivity contribution < 1.29 is 32.6 Å². The first kappa shape index (κ1) is 27.0. The lowest BCUT2D eigenvalue weighted by atomic mass is 10.0. The third kappa shape index (κ3) is 7.50. The van der Waals surface area contributed by atoms with Crippen LogP contribution in [-0.2, 0) is 27.4 Å². The monoisotopic (exact) mass is 534 g/mol. The minimum Gasteiger partial charge on any atom is -0.455 e. The molecule has 37 heavy (non-hydrogen) atoms. The standard InChI is InChI=1S/C26H28ClFN2O7/c1-16-23(37-26(33)36-16)15-35-25(32)22(31)14-30(29-24-4-2-3-11-34-24)13-17-5-7-18(8-6-17)20-12-19(27)9-10-21(20)28/h5-10,12,22,24,29,31H,2-4,11,13-15H2,1H3/t22?,24-/m1/s1. The van der Waals surface area contributed by atoms with Crippen LogP contribution in [0.1, 0.15) is 36.3 Å². The van der Waals surface area contributed by atoms with Crippen molar-refractivity contribution in [2.75, 3.05) is 13.2 Å². The molecule has 1 fully saturated rings. The van der Waals surface area contributed by atoms with Crippen LogP contribution in [0.2, 0.25) is 5.02 Å². The van der Waals surface area contributed by atoms with E-state index in [2.05, 4.69) is 5.43 Å². The van der Waals surface area contributed by atoms with Gasteiger partial charge >= 0.3 is 11.8 Å². The first-order chi connectivity index (χ1) is 17.8. The van der Waals surface area contributed by atoms with Gasteiger partial charge in [-0.25, -0.2) is 24.4 Å². The second-order valence-electron chi connectivity index (χ2n) is 8.74. The molecule has 1 unspecified atom stereocenters. The summed E-state index contributed by atoms with van der Waals surface area (Å²) < 4.78 is 34.6. The Bertz CT molecular complexity index is 1250. The second kappa shape index (κ2) is 12.5. The Labute approximate surface area is 217 Å². The summed E-state index contributed by atoms with van der Waals surface area (Å²) in [4.78, 5) is 23.6. The average Bonchev–Trinajstić information content (AvgIpc) is 3.21. The van der Waals surface area contributed by atoms with E-state index in [4.69, 9.17) is 29.9 Å². The van der Waals surface area contributed by atoms with Crippen LogP contribution >= 0.6 is 11.6 Å². The predicted octanol–water partition coefficient (Wildman–Crippen LogP) is 3.94. The van der Waals surface area contributed by atoms with Crippen molar-refractivity contribution in [1.29, 1.82) is 0 Å². The molecule has 0 amide bonds. The molecule has 198 valence electrons. The summed E-state index contributed by atoms with van der Waals surface area (Å²) in [5, 5.41) is 12.7. The van der Waals surface area contributed by atoms with Gasteiger partial charge in [0.15, 0.2) is 24.2 Å². The number of nitrogens with zero attached hydrogens (tertiary/aromatic N) is 1. The maximum atomic E-state index is 14.3. The van der Waals surface area contributed by atoms with Crippen LogP contribution in [0.3, 0.4) is 0 Å². The molecule has 1 aliphatic heterocycles. The van der Waals surface area contributed by atoms with E-state index >= 15 is 0 Å². The molecule has 3 aromatic rings. The van der Waals surface area contributed by atoms with Gasteiger partial charge in [0.25, 0.3) is 0 Å². The zero-order valence-corrected chi connectivity index (χ0v) is 21.0. The van der Waals surface area contributed by atoms with Crippen LogP contribution in [0.4, 0.5) is 4.39 Å². The third-order valence-corrected chi connectivity index (χ3v) is 6.15. The first-order valence-electron chi connectivity index (χ1n) is 11.9. The quantitative estimate of drug-likeness (QED) is 0.295. The van der Waals surface area contributed by atoms with E-state index in [1.807, 2.05) is 12.1 Å². The highest BCUT2D eigenvalue weighted by atomic mass is 35.5. The van der Waals surface area contributed by atoms with E-state index in [0.717, 1.165) is 24.8 Å². The van der Waals surface area contributed by atoms with Crippen molar-refractivity contribution in [3.05, 3.63) is 81.0 Å². The molecule has 11 heteroatoms. The maximum absolute atomic E-state index is 14.3. The summed E-state index contributed by atoms with van der Waals surface area (Å²) >= 11 is 6.02. The molecule has 0 aliphatic carbocycles. The average molecular weight is 535 g/mol. The lowest BCUT2D eigenvalue weighted by Gasteiger charge is -2.32. The third-order valence-electron chi connectivity index (χ3n) is 5.92. The smallest absolute Gasteiger partial charge is 0.455 e. The first-order valence-corrected chi connectivity index (χ1v) is 12.3. The number of aliphatic hydroxyl groups excluding tert-OH is 1. The topological polar surface area (TPSA) is 114 Å². The van der Waals surface area contributed by atoms with Gasteiger partial charge in [-0.1, -0.05) is 35.9 Å². The molecule has 2 N–H and O–H groups in total. The van der Waals surface area contributed by atoms with Gasteiger partial charge in [-0.15, -0.1) is 0 Å². The molecule has 0 bridgehead atoms. The number of nitrogens with one attached hydrogen (secondary N) is 1. The number of ether oxygens (including phenoxy) is 2. The Kier molecular flexibility index (Phi) is 9.12. The second-order valence-corrected chi connectivity index (χ2v) is 9.18. The van der Waals surface area contributed by atoms with Gasteiger partial charge in [0.1, 0.15) is 12.0 Å². The fraction of sp³-hybridized carbons (Fsp3) is 0.385. The number of hydrazine groups is 1. The summed E-state index contributed by atoms with van der Waals surface area (Å²) in [6.45, 7) is 2.00. The van der Waals surface area contributed by atoms with E-state index < -0.39 is 17.9 Å². The SMILES string of the molecule is Cc1oc(=O)oc1COC(=O)C(O)CN(Cc1ccc(-c2cc(Cl)ccc2F)cc1)N[C@H]1CCCCO1. The fourth-order valence-corrected chi connectivity index (χ4v) is 4.13. The molecular weight excluding hydrogens is 507 g/mol. The van der Waals surface area contributed by atoms with Gasteiger partial charge < -0.3 is 23.4 Å². The minimum absolute atomic E-state index is 0.0763. The summed E-state index contributed by atoms with van der Waals surface area (Å²) in [5.74, 6) is -1.87. The number of hydrogen-bond donors (Lipinski definition) is 2. The molecule has 2 heterocycles. The molecule has 1 aliphatic rings. The van der Waals surface area contributed by atoms with Crippen molar-refractivity contribution >= 4 is 17.6 Å². The van der Waals surface area contributed by atoms with Crippen molar-refractivity contribution in [2.45, 2.75) is 51.7 Å². The number of carbonyl (C=O) groups is 1. The van der Waals surface area contributed by atoms with E-state index in [9.17, 15) is 19.1 Å². The predicted molar refractivity (Wildman–Crippen MR) is 132 cm³/mol. The number of aliphatic hydroxyl groups is 1.